The fourth-order valence-corrected chi connectivity index (χ4v) is 3.61. The van der Waals surface area contributed by atoms with Crippen LogP contribution >= 0.6 is 0 Å². The van der Waals surface area contributed by atoms with E-state index in [9.17, 15) is 9.90 Å². The third kappa shape index (κ3) is 2.16. The highest BCUT2D eigenvalue weighted by molar-refractivity contribution is 6.01. The zero-order chi connectivity index (χ0) is 13.4. The lowest BCUT2D eigenvalue weighted by Gasteiger charge is -2.23. The van der Waals surface area contributed by atoms with Crippen molar-refractivity contribution in [2.45, 2.75) is 32.3 Å². The highest BCUT2D eigenvalue weighted by Gasteiger charge is 2.42. The first-order valence-corrected chi connectivity index (χ1v) is 7.26. The highest BCUT2D eigenvalue weighted by atomic mass is 16.3. The van der Waals surface area contributed by atoms with E-state index >= 15 is 0 Å². The lowest BCUT2D eigenvalue weighted by molar-refractivity contribution is 0.0988. The summed E-state index contributed by atoms with van der Waals surface area (Å²) < 4.78 is 0. The maximum Gasteiger partial charge on any atom is 0.164 e. The number of fused-ring (bicyclic) bond motifs is 1. The molecule has 19 heavy (non-hydrogen) atoms. The number of anilines is 1. The second-order valence-corrected chi connectivity index (χ2v) is 5.77. The van der Waals surface area contributed by atoms with Gasteiger partial charge in [-0.3, -0.25) is 4.79 Å². The number of Topliss-reactive ketones (excluding diaryl/α,β-unsaturated/α-hetero) is 1. The Bertz CT molecular complexity index is 485. The monoisotopic (exact) mass is 259 g/mol. The van der Waals surface area contributed by atoms with Crippen LogP contribution in [0, 0.1) is 11.8 Å². The van der Waals surface area contributed by atoms with Crippen LogP contribution in [0.5, 0.6) is 0 Å². The van der Waals surface area contributed by atoms with Crippen molar-refractivity contribution in [2.75, 3.05) is 18.0 Å². The number of aliphatic hydroxyl groups excluding tert-OH is 1. The Kier molecular flexibility index (Phi) is 3.31. The Labute approximate surface area is 114 Å². The number of rotatable bonds is 3. The van der Waals surface area contributed by atoms with Gasteiger partial charge in [0.2, 0.25) is 0 Å². The van der Waals surface area contributed by atoms with Crippen LogP contribution in [-0.2, 0) is 0 Å². The summed E-state index contributed by atoms with van der Waals surface area (Å²) in [6, 6.07) is 7.88. The van der Waals surface area contributed by atoms with E-state index in [0.29, 0.717) is 18.3 Å². The molecule has 0 spiro atoms. The van der Waals surface area contributed by atoms with E-state index in [4.69, 9.17) is 0 Å². The molecule has 102 valence electrons. The van der Waals surface area contributed by atoms with Crippen LogP contribution in [0.2, 0.25) is 0 Å². The third-order valence-electron chi connectivity index (χ3n) is 4.69. The smallest absolute Gasteiger partial charge is 0.164 e. The molecule has 3 rings (SSSR count). The summed E-state index contributed by atoms with van der Waals surface area (Å²) in [7, 11) is 0. The summed E-state index contributed by atoms with van der Waals surface area (Å²) >= 11 is 0. The summed E-state index contributed by atoms with van der Waals surface area (Å²) in [5.74, 6) is 1.19. The number of hydrogen-bond donors (Lipinski definition) is 1. The highest BCUT2D eigenvalue weighted by Crippen LogP contribution is 2.40. The Balaban J connectivity index is 1.86. The zero-order valence-electron chi connectivity index (χ0n) is 11.4. The molecule has 1 aliphatic heterocycles. The molecule has 3 unspecified atom stereocenters. The molecule has 0 bridgehead atoms. The van der Waals surface area contributed by atoms with Gasteiger partial charge >= 0.3 is 0 Å². The van der Waals surface area contributed by atoms with E-state index in [2.05, 4.69) is 4.90 Å². The summed E-state index contributed by atoms with van der Waals surface area (Å²) in [4.78, 5) is 14.3. The molecule has 1 heterocycles. The number of nitrogens with zero attached hydrogens (tertiary/aromatic N) is 1. The van der Waals surface area contributed by atoms with Crippen LogP contribution in [0.15, 0.2) is 24.3 Å². The largest absolute Gasteiger partial charge is 0.393 e. The first kappa shape index (κ1) is 12.7. The fourth-order valence-electron chi connectivity index (χ4n) is 3.61. The van der Waals surface area contributed by atoms with E-state index in [1.54, 1.807) is 0 Å². The van der Waals surface area contributed by atoms with Gasteiger partial charge in [-0.25, -0.2) is 0 Å². The number of aliphatic hydroxyl groups is 1. The van der Waals surface area contributed by atoms with Gasteiger partial charge in [0.25, 0.3) is 0 Å². The lowest BCUT2D eigenvalue weighted by Crippen LogP contribution is -2.25. The molecule has 1 saturated carbocycles. The van der Waals surface area contributed by atoms with Crippen molar-refractivity contribution < 1.29 is 9.90 Å². The van der Waals surface area contributed by atoms with E-state index in [1.807, 2.05) is 31.2 Å². The summed E-state index contributed by atoms with van der Waals surface area (Å²) in [6.07, 6.45) is 2.45. The molecule has 1 saturated heterocycles. The quantitative estimate of drug-likeness (QED) is 0.848. The number of benzene rings is 1. The first-order chi connectivity index (χ1) is 9.20. The lowest BCUT2D eigenvalue weighted by atomic mass is 10.00. The van der Waals surface area contributed by atoms with Gasteiger partial charge in [-0.15, -0.1) is 0 Å². The summed E-state index contributed by atoms with van der Waals surface area (Å²) in [6.45, 7) is 3.77. The van der Waals surface area contributed by atoms with Crippen molar-refractivity contribution in [3.63, 3.8) is 0 Å². The zero-order valence-corrected chi connectivity index (χ0v) is 11.4. The van der Waals surface area contributed by atoms with Gasteiger partial charge in [0.15, 0.2) is 5.78 Å². The van der Waals surface area contributed by atoms with Gasteiger partial charge in [0, 0.05) is 36.7 Å². The molecule has 3 heteroatoms. The van der Waals surface area contributed by atoms with Gasteiger partial charge in [-0.1, -0.05) is 19.1 Å². The standard InChI is InChI=1S/C16H21NO2/c1-2-15(18)12-5-3-4-6-14(12)17-9-11-7-8-16(19)13(11)10-17/h3-6,11,13,16,19H,2,7-10H2,1H3. The molecule has 3 nitrogen and oxygen atoms in total. The van der Waals surface area contributed by atoms with Crippen molar-refractivity contribution in [3.05, 3.63) is 29.8 Å². The normalized spacial score (nSPS) is 29.6. The average molecular weight is 259 g/mol. The molecule has 1 aromatic rings. The van der Waals surface area contributed by atoms with Crippen molar-refractivity contribution in [3.8, 4) is 0 Å². The van der Waals surface area contributed by atoms with Crippen LogP contribution in [0.3, 0.4) is 0 Å². The summed E-state index contributed by atoms with van der Waals surface area (Å²) in [5, 5.41) is 10.00. The van der Waals surface area contributed by atoms with Crippen molar-refractivity contribution in [1.29, 1.82) is 0 Å². The van der Waals surface area contributed by atoms with Gasteiger partial charge < -0.3 is 10.0 Å². The minimum absolute atomic E-state index is 0.149. The predicted molar refractivity (Wildman–Crippen MR) is 75.5 cm³/mol. The van der Waals surface area contributed by atoms with Crippen LogP contribution in [0.4, 0.5) is 5.69 Å². The van der Waals surface area contributed by atoms with Gasteiger partial charge in [0.05, 0.1) is 6.10 Å². The molecule has 1 N–H and O–H groups in total. The third-order valence-corrected chi connectivity index (χ3v) is 4.69. The fraction of sp³-hybridized carbons (Fsp3) is 0.562. The molecule has 1 aromatic carbocycles. The average Bonchev–Trinajstić information content (AvgIpc) is 3.00. The number of para-hydroxylation sites is 1. The second-order valence-electron chi connectivity index (χ2n) is 5.77. The van der Waals surface area contributed by atoms with Crippen molar-refractivity contribution in [1.82, 2.24) is 0 Å². The molecule has 0 radical (unpaired) electrons. The summed E-state index contributed by atoms with van der Waals surface area (Å²) in [5.41, 5.74) is 1.88. The maximum atomic E-state index is 12.0. The van der Waals surface area contributed by atoms with Crippen molar-refractivity contribution >= 4 is 11.5 Å². The topological polar surface area (TPSA) is 40.5 Å². The van der Waals surface area contributed by atoms with Crippen LogP contribution in [-0.4, -0.2) is 30.1 Å². The molecule has 3 atom stereocenters. The molecular formula is C16H21NO2. The molecule has 2 aliphatic rings. The van der Waals surface area contributed by atoms with Crippen LogP contribution < -0.4 is 4.90 Å². The van der Waals surface area contributed by atoms with Crippen LogP contribution in [0.1, 0.15) is 36.5 Å². The number of carbonyl (C=O) groups is 1. The SMILES string of the molecule is CCC(=O)c1ccccc1N1CC2CCC(O)C2C1. The minimum atomic E-state index is -0.149. The van der Waals surface area contributed by atoms with Gasteiger partial charge in [-0.05, 0) is 30.9 Å². The van der Waals surface area contributed by atoms with E-state index in [0.717, 1.165) is 37.2 Å². The van der Waals surface area contributed by atoms with E-state index in [-0.39, 0.29) is 11.9 Å². The molecule has 0 aromatic heterocycles. The van der Waals surface area contributed by atoms with Crippen LogP contribution in [0.25, 0.3) is 0 Å². The Hall–Kier alpha value is -1.35. The Morgan fingerprint density at radius 1 is 1.32 bits per heavy atom. The number of hydrogen-bond acceptors (Lipinski definition) is 3. The molecular weight excluding hydrogens is 238 g/mol. The predicted octanol–water partition coefficient (Wildman–Crippen LogP) is 2.49. The van der Waals surface area contributed by atoms with Gasteiger partial charge in [0.1, 0.15) is 0 Å². The number of carbonyl (C=O) groups excluding carboxylic acids is 1. The Morgan fingerprint density at radius 2 is 2.11 bits per heavy atom. The second kappa shape index (κ2) is 4.97. The maximum absolute atomic E-state index is 12.0. The van der Waals surface area contributed by atoms with E-state index in [1.165, 1.54) is 0 Å². The Morgan fingerprint density at radius 3 is 2.84 bits per heavy atom. The number of ketones is 1. The molecule has 2 fully saturated rings. The van der Waals surface area contributed by atoms with Crippen molar-refractivity contribution in [2.24, 2.45) is 11.8 Å². The molecule has 0 amide bonds. The first-order valence-electron chi connectivity index (χ1n) is 7.26. The minimum Gasteiger partial charge on any atom is -0.393 e. The molecule has 1 aliphatic carbocycles. The van der Waals surface area contributed by atoms with E-state index < -0.39 is 0 Å². The van der Waals surface area contributed by atoms with Gasteiger partial charge in [-0.2, -0.15) is 0 Å².